The summed E-state index contributed by atoms with van der Waals surface area (Å²) in [5.74, 6) is -0.533. The van der Waals surface area contributed by atoms with Gasteiger partial charge in [0.05, 0.1) is 0 Å². The second kappa shape index (κ2) is 3.92. The minimum atomic E-state index is -3.50. The third-order valence-corrected chi connectivity index (χ3v) is 5.05. The summed E-state index contributed by atoms with van der Waals surface area (Å²) in [6, 6.07) is 0. The summed E-state index contributed by atoms with van der Waals surface area (Å²) in [6.45, 7) is 2.73. The number of carbonyl (C=O) groups is 1. The Hall–Kier alpha value is -0.760. The molecule has 0 fully saturated rings. The summed E-state index contributed by atoms with van der Waals surface area (Å²) in [5, 5.41) is 7.28. The van der Waals surface area contributed by atoms with Crippen LogP contribution in [0.2, 0.25) is 0 Å². The van der Waals surface area contributed by atoms with Gasteiger partial charge in [0, 0.05) is 13.3 Å². The van der Waals surface area contributed by atoms with Gasteiger partial charge in [-0.05, 0) is 29.8 Å². The number of Topliss-reactive ketones (excluding diaryl/α,β-unsaturated/α-hetero) is 1. The van der Waals surface area contributed by atoms with Crippen LogP contribution in [0.4, 0.5) is 0 Å². The van der Waals surface area contributed by atoms with Gasteiger partial charge in [-0.25, -0.2) is 13.1 Å². The topological polar surface area (TPSA) is 81.9 Å². The van der Waals surface area contributed by atoms with Crippen molar-refractivity contribution in [3.8, 4) is 0 Å². The maximum Gasteiger partial charge on any atom is 0.204 e. The summed E-state index contributed by atoms with van der Waals surface area (Å²) in [6.07, 6.45) is 1.03. The van der Waals surface area contributed by atoms with E-state index in [2.05, 4.69) is 26.2 Å². The quantitative estimate of drug-likeness (QED) is 0.763. The number of hydrogen-bond acceptors (Lipinski definition) is 5. The molecule has 0 saturated carbocycles. The Morgan fingerprint density at radius 2 is 1.94 bits per heavy atom. The highest BCUT2D eigenvalue weighted by Gasteiger charge is 2.41. The molecule has 0 bridgehead atoms. The van der Waals surface area contributed by atoms with E-state index in [0.29, 0.717) is 0 Å². The van der Waals surface area contributed by atoms with Crippen LogP contribution < -0.4 is 0 Å². The average Bonchev–Trinajstić information content (AvgIpc) is 2.43. The fourth-order valence-electron chi connectivity index (χ4n) is 1.03. The molecule has 6 nitrogen and oxygen atoms in total. The van der Waals surface area contributed by atoms with Gasteiger partial charge in [-0.3, -0.25) is 4.79 Å². The molecule has 90 valence electrons. The number of aromatic nitrogens is 3. The summed E-state index contributed by atoms with van der Waals surface area (Å²) in [4.78, 5) is 12.1. The molecular weight excluding hydrogens is 298 g/mol. The highest BCUT2D eigenvalue weighted by molar-refractivity contribution is 9.10. The zero-order valence-electron chi connectivity index (χ0n) is 9.35. The smallest absolute Gasteiger partial charge is 0.204 e. The molecule has 16 heavy (non-hydrogen) atoms. The van der Waals surface area contributed by atoms with E-state index in [1.165, 1.54) is 25.6 Å². The summed E-state index contributed by atoms with van der Waals surface area (Å²) in [7, 11) is -1.97. The molecule has 1 heterocycles. The molecule has 0 amide bonds. The Labute approximate surface area is 102 Å². The van der Waals surface area contributed by atoms with Crippen molar-refractivity contribution in [2.24, 2.45) is 7.05 Å². The molecule has 0 radical (unpaired) electrons. The molecule has 8 heteroatoms. The highest BCUT2D eigenvalue weighted by atomic mass is 79.9. The molecule has 0 unspecified atom stereocenters. The predicted molar refractivity (Wildman–Crippen MR) is 62.0 cm³/mol. The van der Waals surface area contributed by atoms with Crippen LogP contribution in [0, 0.1) is 0 Å². The van der Waals surface area contributed by atoms with E-state index in [4.69, 9.17) is 0 Å². The summed E-state index contributed by atoms with van der Waals surface area (Å²) < 4.78 is 23.1. The van der Waals surface area contributed by atoms with Crippen molar-refractivity contribution in [1.29, 1.82) is 0 Å². The lowest BCUT2D eigenvalue weighted by atomic mass is 10.1. The van der Waals surface area contributed by atoms with Gasteiger partial charge in [-0.15, -0.1) is 5.10 Å². The van der Waals surface area contributed by atoms with Crippen molar-refractivity contribution in [2.45, 2.75) is 18.6 Å². The number of hydrogen-bond donors (Lipinski definition) is 0. The number of rotatable bonds is 3. The third-order valence-electron chi connectivity index (χ3n) is 2.47. The first kappa shape index (κ1) is 13.3. The monoisotopic (exact) mass is 309 g/mol. The Bertz CT molecular complexity index is 513. The lowest BCUT2D eigenvalue weighted by Crippen LogP contribution is -2.41. The van der Waals surface area contributed by atoms with Crippen molar-refractivity contribution in [1.82, 2.24) is 15.0 Å². The van der Waals surface area contributed by atoms with Crippen LogP contribution >= 0.6 is 15.9 Å². The molecule has 0 saturated heterocycles. The lowest BCUT2D eigenvalue weighted by Gasteiger charge is -2.20. The zero-order chi connectivity index (χ0) is 12.7. The molecule has 0 spiro atoms. The van der Waals surface area contributed by atoms with Crippen molar-refractivity contribution in [3.63, 3.8) is 0 Å². The molecule has 1 aromatic rings. The first-order valence-corrected chi connectivity index (χ1v) is 7.07. The van der Waals surface area contributed by atoms with Crippen molar-refractivity contribution < 1.29 is 13.2 Å². The van der Waals surface area contributed by atoms with E-state index in [1.54, 1.807) is 0 Å². The third kappa shape index (κ3) is 2.03. The van der Waals surface area contributed by atoms with Crippen molar-refractivity contribution >= 4 is 31.6 Å². The first-order valence-electron chi connectivity index (χ1n) is 4.38. The van der Waals surface area contributed by atoms with E-state index in [0.717, 1.165) is 6.26 Å². The number of carbonyl (C=O) groups excluding carboxylic acids is 1. The fourth-order valence-corrected chi connectivity index (χ4v) is 1.97. The normalized spacial score (nSPS) is 12.8. The van der Waals surface area contributed by atoms with Crippen molar-refractivity contribution in [3.05, 3.63) is 10.3 Å². The van der Waals surface area contributed by atoms with Crippen LogP contribution in [0.15, 0.2) is 4.60 Å². The molecule has 1 aromatic heterocycles. The standard InChI is InChI=1S/C8H12BrN3O3S/c1-8(2,16(4,14)15)6(13)5-7(9)10-11-12(5)3/h1-4H3. The van der Waals surface area contributed by atoms with Crippen LogP contribution in [-0.2, 0) is 16.9 Å². The number of sulfone groups is 1. The molecule has 0 aliphatic rings. The van der Waals surface area contributed by atoms with Crippen LogP contribution in [0.1, 0.15) is 24.3 Å². The van der Waals surface area contributed by atoms with Crippen LogP contribution in [0.5, 0.6) is 0 Å². The molecule has 1 rings (SSSR count). The number of nitrogens with zero attached hydrogens (tertiary/aromatic N) is 3. The van der Waals surface area contributed by atoms with E-state index in [1.807, 2.05) is 0 Å². The maximum absolute atomic E-state index is 12.1. The second-order valence-corrected chi connectivity index (χ2v) is 7.28. The molecule has 0 N–H and O–H groups in total. The number of halogens is 1. The molecule has 0 aromatic carbocycles. The molecular formula is C8H12BrN3O3S. The zero-order valence-corrected chi connectivity index (χ0v) is 11.8. The van der Waals surface area contributed by atoms with Gasteiger partial charge in [0.2, 0.25) is 5.78 Å². The fraction of sp³-hybridized carbons (Fsp3) is 0.625. The first-order chi connectivity index (χ1) is 7.09. The highest BCUT2D eigenvalue weighted by Crippen LogP contribution is 2.24. The van der Waals surface area contributed by atoms with Gasteiger partial charge in [0.1, 0.15) is 10.4 Å². The van der Waals surface area contributed by atoms with Crippen LogP contribution in [0.25, 0.3) is 0 Å². The van der Waals surface area contributed by atoms with Gasteiger partial charge < -0.3 is 0 Å². The summed E-state index contributed by atoms with van der Waals surface area (Å²) in [5.41, 5.74) is 0.149. The Kier molecular flexibility index (Phi) is 3.26. The predicted octanol–water partition coefficient (Wildman–Crippen LogP) is 0.584. The largest absolute Gasteiger partial charge is 0.291 e. The van der Waals surface area contributed by atoms with Gasteiger partial charge in [-0.2, -0.15) is 0 Å². The van der Waals surface area contributed by atoms with E-state index in [-0.39, 0.29) is 10.3 Å². The van der Waals surface area contributed by atoms with E-state index < -0.39 is 20.4 Å². The van der Waals surface area contributed by atoms with Crippen LogP contribution in [0.3, 0.4) is 0 Å². The Morgan fingerprint density at radius 3 is 2.25 bits per heavy atom. The number of aryl methyl sites for hydroxylation is 1. The molecule has 0 atom stereocenters. The summed E-state index contributed by atoms with van der Waals surface area (Å²) >= 11 is 3.07. The minimum absolute atomic E-state index is 0.149. The SMILES string of the molecule is Cn1nnc(Br)c1C(=O)C(C)(C)S(C)(=O)=O. The van der Waals surface area contributed by atoms with Crippen LogP contribution in [-0.4, -0.2) is 40.2 Å². The van der Waals surface area contributed by atoms with Gasteiger partial charge in [0.15, 0.2) is 14.4 Å². The lowest BCUT2D eigenvalue weighted by molar-refractivity contribution is 0.0944. The van der Waals surface area contributed by atoms with Gasteiger partial charge >= 0.3 is 0 Å². The minimum Gasteiger partial charge on any atom is -0.291 e. The van der Waals surface area contributed by atoms with Gasteiger partial charge in [0.25, 0.3) is 0 Å². The number of ketones is 1. The second-order valence-electron chi connectivity index (χ2n) is 3.96. The van der Waals surface area contributed by atoms with E-state index in [9.17, 15) is 13.2 Å². The molecule has 0 aliphatic carbocycles. The Morgan fingerprint density at radius 1 is 1.44 bits per heavy atom. The van der Waals surface area contributed by atoms with Crippen molar-refractivity contribution in [2.75, 3.05) is 6.26 Å². The van der Waals surface area contributed by atoms with Gasteiger partial charge in [-0.1, -0.05) is 5.21 Å². The maximum atomic E-state index is 12.1. The average molecular weight is 310 g/mol. The molecule has 0 aliphatic heterocycles. The Balaban J connectivity index is 3.34. The van der Waals surface area contributed by atoms with E-state index >= 15 is 0 Å².